The molecule has 0 saturated carbocycles. The monoisotopic (exact) mass is 368 g/mol. The van der Waals surface area contributed by atoms with Crippen molar-refractivity contribution in [2.75, 3.05) is 7.11 Å². The lowest BCUT2D eigenvalue weighted by Crippen LogP contribution is -1.98. The lowest BCUT2D eigenvalue weighted by Gasteiger charge is -2.12. The highest BCUT2D eigenvalue weighted by atomic mass is 16.5. The van der Waals surface area contributed by atoms with Gasteiger partial charge in [-0.1, -0.05) is 12.1 Å². The summed E-state index contributed by atoms with van der Waals surface area (Å²) in [6, 6.07) is 10.9. The molecule has 2 rings (SSSR count). The summed E-state index contributed by atoms with van der Waals surface area (Å²) in [5, 5.41) is 30.5. The molecule has 0 aliphatic heterocycles. The highest BCUT2D eigenvalue weighted by Gasteiger charge is 2.11. The number of aliphatic hydroxyl groups excluding tert-OH is 2. The van der Waals surface area contributed by atoms with Gasteiger partial charge in [-0.25, -0.2) is 0 Å². The minimum Gasteiger partial charge on any atom is -0.507 e. The average molecular weight is 368 g/mol. The van der Waals surface area contributed by atoms with Crippen LogP contribution >= 0.6 is 0 Å². The number of rotatable bonds is 7. The first kappa shape index (κ1) is 20.8. The fourth-order valence-corrected chi connectivity index (χ4v) is 2.96. The Morgan fingerprint density at radius 3 is 2.19 bits per heavy atom. The second-order valence-electron chi connectivity index (χ2n) is 6.88. The van der Waals surface area contributed by atoms with Crippen molar-refractivity contribution >= 4 is 0 Å². The SMILES string of the molecule is COc1ccc([C@H](O)CC(C)=C=CC[C@@H](O)c2cc(C)c(O)c(C)c2)cc1. The molecule has 2 atom stereocenters. The molecule has 27 heavy (non-hydrogen) atoms. The van der Waals surface area contributed by atoms with Crippen LogP contribution in [-0.4, -0.2) is 22.4 Å². The molecular weight excluding hydrogens is 340 g/mol. The van der Waals surface area contributed by atoms with Gasteiger partial charge in [0.15, 0.2) is 0 Å². The molecule has 0 aliphatic carbocycles. The number of methoxy groups -OCH3 is 1. The molecule has 0 heterocycles. The maximum Gasteiger partial charge on any atom is 0.121 e. The topological polar surface area (TPSA) is 69.9 Å². The number of hydrogen-bond donors (Lipinski definition) is 3. The smallest absolute Gasteiger partial charge is 0.121 e. The molecule has 0 unspecified atom stereocenters. The minimum atomic E-state index is -0.658. The zero-order valence-electron chi connectivity index (χ0n) is 16.4. The molecule has 0 fully saturated rings. The molecule has 2 aromatic carbocycles. The van der Waals surface area contributed by atoms with Gasteiger partial charge in [0.1, 0.15) is 11.5 Å². The first-order chi connectivity index (χ1) is 12.8. The molecule has 0 spiro atoms. The van der Waals surface area contributed by atoms with Crippen molar-refractivity contribution in [1.82, 2.24) is 0 Å². The van der Waals surface area contributed by atoms with Crippen LogP contribution in [0.5, 0.6) is 11.5 Å². The zero-order valence-corrected chi connectivity index (χ0v) is 16.4. The number of phenols is 1. The fourth-order valence-electron chi connectivity index (χ4n) is 2.96. The molecular formula is C23H28O4. The Bertz CT molecular complexity index is 807. The van der Waals surface area contributed by atoms with Crippen LogP contribution in [-0.2, 0) is 0 Å². The highest BCUT2D eigenvalue weighted by Crippen LogP contribution is 2.28. The van der Waals surface area contributed by atoms with E-state index in [0.717, 1.165) is 33.6 Å². The second-order valence-corrected chi connectivity index (χ2v) is 6.88. The normalized spacial score (nSPS) is 12.8. The third-order valence-electron chi connectivity index (χ3n) is 4.59. The summed E-state index contributed by atoms with van der Waals surface area (Å²) < 4.78 is 5.12. The molecule has 0 bridgehead atoms. The van der Waals surface area contributed by atoms with Crippen LogP contribution in [0.3, 0.4) is 0 Å². The molecule has 4 heteroatoms. The van der Waals surface area contributed by atoms with Gasteiger partial charge in [0, 0.05) is 12.8 Å². The Balaban J connectivity index is 1.99. The number of benzene rings is 2. The van der Waals surface area contributed by atoms with E-state index in [9.17, 15) is 15.3 Å². The van der Waals surface area contributed by atoms with E-state index in [4.69, 9.17) is 4.74 Å². The lowest BCUT2D eigenvalue weighted by atomic mass is 9.99. The van der Waals surface area contributed by atoms with Crippen LogP contribution in [0, 0.1) is 13.8 Å². The number of hydrogen-bond acceptors (Lipinski definition) is 4. The number of ether oxygens (including phenoxy) is 1. The Kier molecular flexibility index (Phi) is 7.26. The van der Waals surface area contributed by atoms with Crippen molar-refractivity contribution in [1.29, 1.82) is 0 Å². The van der Waals surface area contributed by atoms with Crippen molar-refractivity contribution in [2.45, 2.75) is 45.8 Å². The highest BCUT2D eigenvalue weighted by molar-refractivity contribution is 5.42. The zero-order chi connectivity index (χ0) is 20.0. The fraction of sp³-hybridized carbons (Fsp3) is 0.348. The number of phenolic OH excluding ortho intramolecular Hbond substituents is 1. The predicted octanol–water partition coefficient (Wildman–Crippen LogP) is 4.67. The van der Waals surface area contributed by atoms with E-state index in [1.807, 2.05) is 45.0 Å². The van der Waals surface area contributed by atoms with E-state index in [1.165, 1.54) is 0 Å². The lowest BCUT2D eigenvalue weighted by molar-refractivity contribution is 0.178. The van der Waals surface area contributed by atoms with E-state index in [2.05, 4.69) is 5.73 Å². The van der Waals surface area contributed by atoms with Gasteiger partial charge >= 0.3 is 0 Å². The Hall–Kier alpha value is -2.52. The summed E-state index contributed by atoms with van der Waals surface area (Å²) in [4.78, 5) is 0. The summed E-state index contributed by atoms with van der Waals surface area (Å²) >= 11 is 0. The molecule has 0 aliphatic rings. The number of aromatic hydroxyl groups is 1. The maximum atomic E-state index is 10.4. The van der Waals surface area contributed by atoms with Crippen LogP contribution in [0.2, 0.25) is 0 Å². The Morgan fingerprint density at radius 1 is 1.04 bits per heavy atom. The van der Waals surface area contributed by atoms with Crippen LogP contribution < -0.4 is 4.74 Å². The summed E-state index contributed by atoms with van der Waals surface area (Å²) in [6.07, 6.45) is 1.41. The van der Waals surface area contributed by atoms with Crippen LogP contribution in [0.15, 0.2) is 53.8 Å². The van der Waals surface area contributed by atoms with Crippen molar-refractivity contribution in [3.8, 4) is 11.5 Å². The van der Waals surface area contributed by atoms with E-state index in [-0.39, 0.29) is 5.75 Å². The van der Waals surface area contributed by atoms with Crippen molar-refractivity contribution in [3.63, 3.8) is 0 Å². The van der Waals surface area contributed by atoms with Gasteiger partial charge in [0.2, 0.25) is 0 Å². The quantitative estimate of drug-likeness (QED) is 0.621. The van der Waals surface area contributed by atoms with E-state index >= 15 is 0 Å². The largest absolute Gasteiger partial charge is 0.507 e. The first-order valence-corrected chi connectivity index (χ1v) is 9.02. The Morgan fingerprint density at radius 2 is 1.63 bits per heavy atom. The molecule has 3 N–H and O–H groups in total. The van der Waals surface area contributed by atoms with Gasteiger partial charge in [0.05, 0.1) is 19.3 Å². The van der Waals surface area contributed by atoms with Gasteiger partial charge in [-0.2, -0.15) is 0 Å². The average Bonchev–Trinajstić information content (AvgIpc) is 2.65. The van der Waals surface area contributed by atoms with Crippen molar-refractivity contribution < 1.29 is 20.1 Å². The summed E-state index contributed by atoms with van der Waals surface area (Å²) in [5.41, 5.74) is 7.16. The third-order valence-corrected chi connectivity index (χ3v) is 4.59. The van der Waals surface area contributed by atoms with E-state index in [1.54, 1.807) is 25.3 Å². The van der Waals surface area contributed by atoms with Gasteiger partial charge in [0.25, 0.3) is 0 Å². The summed E-state index contributed by atoms with van der Waals surface area (Å²) in [7, 11) is 1.61. The minimum absolute atomic E-state index is 0.268. The summed E-state index contributed by atoms with van der Waals surface area (Å²) in [5.74, 6) is 1.02. The molecule has 0 amide bonds. The van der Waals surface area contributed by atoms with Crippen LogP contribution in [0.1, 0.15) is 54.2 Å². The van der Waals surface area contributed by atoms with Gasteiger partial charge < -0.3 is 20.1 Å². The van der Waals surface area contributed by atoms with Gasteiger partial charge in [-0.15, -0.1) is 5.73 Å². The number of aryl methyl sites for hydroxylation is 2. The van der Waals surface area contributed by atoms with Gasteiger partial charge in [-0.05, 0) is 78.9 Å². The molecule has 0 aromatic heterocycles. The standard InChI is InChI=1S/C23H28O4/c1-15(12-22(25)18-8-10-20(27-4)11-9-18)6-5-7-21(24)19-13-16(2)23(26)17(3)14-19/h5,8-11,13-14,21-22,24-26H,7,12H2,1-4H3/t6?,21-,22-/m1/s1. The molecule has 2 aromatic rings. The van der Waals surface area contributed by atoms with Crippen molar-refractivity contribution in [3.05, 3.63) is 76.0 Å². The molecule has 144 valence electrons. The Labute approximate surface area is 161 Å². The predicted molar refractivity (Wildman–Crippen MR) is 107 cm³/mol. The van der Waals surface area contributed by atoms with Crippen molar-refractivity contribution in [2.24, 2.45) is 0 Å². The van der Waals surface area contributed by atoms with Gasteiger partial charge in [-0.3, -0.25) is 0 Å². The molecule has 4 nitrogen and oxygen atoms in total. The van der Waals surface area contributed by atoms with Crippen LogP contribution in [0.4, 0.5) is 0 Å². The number of aliphatic hydroxyl groups is 2. The third kappa shape index (κ3) is 5.73. The van der Waals surface area contributed by atoms with E-state index in [0.29, 0.717) is 12.8 Å². The molecule has 0 radical (unpaired) electrons. The second kappa shape index (κ2) is 9.43. The van der Waals surface area contributed by atoms with Crippen LogP contribution in [0.25, 0.3) is 0 Å². The first-order valence-electron chi connectivity index (χ1n) is 9.02. The van der Waals surface area contributed by atoms with E-state index < -0.39 is 12.2 Å². The summed E-state index contributed by atoms with van der Waals surface area (Å²) in [6.45, 7) is 5.54. The maximum absolute atomic E-state index is 10.4. The molecule has 0 saturated heterocycles.